The van der Waals surface area contributed by atoms with E-state index in [1.807, 2.05) is 0 Å². The number of carbonyl (C=O) groups excluding carboxylic acids is 1. The highest BCUT2D eigenvalue weighted by Crippen LogP contribution is 2.51. The fraction of sp³-hybridized carbons (Fsp3) is 0.875. The standard InChI is InChI=1S/C8H11ClO/c9-8(10)7-5-2-1-3-6(7)4-5/h5-7H,1-4H2/t5-,6-/m0/s1. The number of carbonyl (C=O) groups is 1. The predicted octanol–water partition coefficient (Wildman–Crippen LogP) is 2.19. The molecule has 3 aliphatic rings. The first kappa shape index (κ1) is 6.66. The molecule has 0 aromatic rings. The van der Waals surface area contributed by atoms with Crippen LogP contribution in [0.2, 0.25) is 0 Å². The molecule has 56 valence electrons. The highest BCUT2D eigenvalue weighted by molar-refractivity contribution is 6.64. The maximum absolute atomic E-state index is 10.8. The van der Waals surface area contributed by atoms with E-state index in [-0.39, 0.29) is 11.2 Å². The molecule has 3 fully saturated rings. The second-order valence-electron chi connectivity index (χ2n) is 3.52. The zero-order chi connectivity index (χ0) is 7.14. The SMILES string of the molecule is O=C(Cl)C1[C@H]2CCC[C@H]1C2. The molecule has 10 heavy (non-hydrogen) atoms. The van der Waals surface area contributed by atoms with E-state index in [1.54, 1.807) is 0 Å². The molecular formula is C8H11ClO. The molecule has 0 spiro atoms. The Bertz CT molecular complexity index is 153. The smallest absolute Gasteiger partial charge is 0.225 e. The van der Waals surface area contributed by atoms with Crippen LogP contribution in [0.3, 0.4) is 0 Å². The normalized spacial score (nSPS) is 44.3. The molecule has 0 aliphatic heterocycles. The summed E-state index contributed by atoms with van der Waals surface area (Å²) in [4.78, 5) is 10.8. The van der Waals surface area contributed by atoms with Gasteiger partial charge in [0, 0.05) is 5.92 Å². The van der Waals surface area contributed by atoms with Crippen molar-refractivity contribution in [1.29, 1.82) is 0 Å². The molecule has 3 aliphatic carbocycles. The van der Waals surface area contributed by atoms with Gasteiger partial charge in [0.1, 0.15) is 0 Å². The summed E-state index contributed by atoms with van der Waals surface area (Å²) in [6.45, 7) is 0. The van der Waals surface area contributed by atoms with Crippen LogP contribution in [-0.4, -0.2) is 5.24 Å². The summed E-state index contributed by atoms with van der Waals surface area (Å²) in [5.41, 5.74) is 0. The molecule has 0 saturated heterocycles. The first-order chi connectivity index (χ1) is 4.79. The van der Waals surface area contributed by atoms with Crippen LogP contribution in [0, 0.1) is 17.8 Å². The van der Waals surface area contributed by atoms with Gasteiger partial charge in [0.15, 0.2) is 0 Å². The maximum Gasteiger partial charge on any atom is 0.225 e. The van der Waals surface area contributed by atoms with E-state index < -0.39 is 0 Å². The van der Waals surface area contributed by atoms with E-state index in [0.29, 0.717) is 11.8 Å². The number of halogens is 1. The highest BCUT2D eigenvalue weighted by atomic mass is 35.5. The van der Waals surface area contributed by atoms with Crippen molar-refractivity contribution in [1.82, 2.24) is 0 Å². The number of rotatable bonds is 1. The molecular weight excluding hydrogens is 148 g/mol. The van der Waals surface area contributed by atoms with Crippen molar-refractivity contribution in [3.05, 3.63) is 0 Å². The number of fused-ring (bicyclic) bond motifs is 2. The molecule has 0 radical (unpaired) electrons. The third-order valence-electron chi connectivity index (χ3n) is 3.03. The molecule has 2 atom stereocenters. The summed E-state index contributed by atoms with van der Waals surface area (Å²) in [6, 6.07) is 0. The lowest BCUT2D eigenvalue weighted by Crippen LogP contribution is -2.43. The summed E-state index contributed by atoms with van der Waals surface area (Å²) in [6.07, 6.45) is 5.05. The van der Waals surface area contributed by atoms with Gasteiger partial charge in [-0.2, -0.15) is 0 Å². The Kier molecular flexibility index (Phi) is 1.48. The maximum atomic E-state index is 10.8. The van der Waals surface area contributed by atoms with Crippen LogP contribution < -0.4 is 0 Å². The Hall–Kier alpha value is -0.0400. The minimum Gasteiger partial charge on any atom is -0.281 e. The lowest BCUT2D eigenvalue weighted by atomic mass is 9.58. The topological polar surface area (TPSA) is 17.1 Å². The molecule has 0 aromatic heterocycles. The summed E-state index contributed by atoms with van der Waals surface area (Å²) in [5, 5.41) is -0.0825. The van der Waals surface area contributed by atoms with Crippen LogP contribution in [-0.2, 0) is 4.79 Å². The van der Waals surface area contributed by atoms with Gasteiger partial charge in [-0.15, -0.1) is 0 Å². The van der Waals surface area contributed by atoms with Gasteiger partial charge in [-0.25, -0.2) is 0 Å². The van der Waals surface area contributed by atoms with Gasteiger partial charge in [0.25, 0.3) is 0 Å². The van der Waals surface area contributed by atoms with E-state index in [1.165, 1.54) is 25.7 Å². The monoisotopic (exact) mass is 158 g/mol. The molecule has 0 aromatic carbocycles. The zero-order valence-corrected chi connectivity index (χ0v) is 6.60. The molecule has 0 N–H and O–H groups in total. The van der Waals surface area contributed by atoms with Crippen molar-refractivity contribution in [3.63, 3.8) is 0 Å². The van der Waals surface area contributed by atoms with Crippen LogP contribution in [0.4, 0.5) is 0 Å². The molecule has 1 nitrogen and oxygen atoms in total. The van der Waals surface area contributed by atoms with E-state index in [2.05, 4.69) is 0 Å². The predicted molar refractivity (Wildman–Crippen MR) is 39.8 cm³/mol. The lowest BCUT2D eigenvalue weighted by Gasteiger charge is -2.47. The summed E-state index contributed by atoms with van der Waals surface area (Å²) < 4.78 is 0. The van der Waals surface area contributed by atoms with E-state index in [4.69, 9.17) is 11.6 Å². The fourth-order valence-electron chi connectivity index (χ4n) is 2.48. The van der Waals surface area contributed by atoms with Gasteiger partial charge in [0.2, 0.25) is 5.24 Å². The second-order valence-corrected chi connectivity index (χ2v) is 3.89. The Labute approximate surface area is 65.7 Å². The van der Waals surface area contributed by atoms with Gasteiger partial charge >= 0.3 is 0 Å². The average Bonchev–Trinajstić information content (AvgIpc) is 1.87. The van der Waals surface area contributed by atoms with Crippen molar-refractivity contribution >= 4 is 16.8 Å². The van der Waals surface area contributed by atoms with E-state index in [0.717, 1.165) is 0 Å². The van der Waals surface area contributed by atoms with E-state index in [9.17, 15) is 4.79 Å². The zero-order valence-electron chi connectivity index (χ0n) is 5.85. The first-order valence-electron chi connectivity index (χ1n) is 3.98. The van der Waals surface area contributed by atoms with Crippen molar-refractivity contribution in [2.75, 3.05) is 0 Å². The van der Waals surface area contributed by atoms with Crippen LogP contribution in [0.25, 0.3) is 0 Å². The van der Waals surface area contributed by atoms with Crippen LogP contribution in [0.5, 0.6) is 0 Å². The summed E-state index contributed by atoms with van der Waals surface area (Å²) >= 11 is 5.44. The van der Waals surface area contributed by atoms with Crippen molar-refractivity contribution in [2.45, 2.75) is 25.7 Å². The third kappa shape index (κ3) is 0.800. The van der Waals surface area contributed by atoms with Crippen LogP contribution >= 0.6 is 11.6 Å². The molecule has 0 heterocycles. The van der Waals surface area contributed by atoms with Gasteiger partial charge in [-0.3, -0.25) is 4.79 Å². The summed E-state index contributed by atoms with van der Waals surface area (Å²) in [7, 11) is 0. The van der Waals surface area contributed by atoms with Crippen LogP contribution in [0.1, 0.15) is 25.7 Å². The fourth-order valence-corrected chi connectivity index (χ4v) is 2.84. The third-order valence-corrected chi connectivity index (χ3v) is 3.29. The van der Waals surface area contributed by atoms with Crippen molar-refractivity contribution in [3.8, 4) is 0 Å². The molecule has 0 amide bonds. The van der Waals surface area contributed by atoms with Gasteiger partial charge in [0.05, 0.1) is 0 Å². The highest BCUT2D eigenvalue weighted by Gasteiger charge is 2.46. The Morgan fingerprint density at radius 1 is 1.30 bits per heavy atom. The second kappa shape index (κ2) is 2.23. The van der Waals surface area contributed by atoms with E-state index >= 15 is 0 Å². The van der Waals surface area contributed by atoms with Crippen molar-refractivity contribution < 1.29 is 4.79 Å². The molecule has 3 saturated carbocycles. The van der Waals surface area contributed by atoms with Crippen molar-refractivity contribution in [2.24, 2.45) is 17.8 Å². The number of hydrogen-bond acceptors (Lipinski definition) is 1. The molecule has 2 heteroatoms. The quantitative estimate of drug-likeness (QED) is 0.535. The summed E-state index contributed by atoms with van der Waals surface area (Å²) in [5.74, 6) is 1.56. The van der Waals surface area contributed by atoms with Gasteiger partial charge < -0.3 is 0 Å². The molecule has 0 unspecified atom stereocenters. The van der Waals surface area contributed by atoms with Crippen LogP contribution in [0.15, 0.2) is 0 Å². The minimum absolute atomic E-state index is 0.0825. The van der Waals surface area contributed by atoms with Gasteiger partial charge in [-0.05, 0) is 42.7 Å². The number of hydrogen-bond donors (Lipinski definition) is 0. The molecule has 2 bridgehead atoms. The Morgan fingerprint density at radius 2 is 1.90 bits per heavy atom. The Morgan fingerprint density at radius 3 is 2.20 bits per heavy atom. The molecule has 3 rings (SSSR count). The lowest BCUT2D eigenvalue weighted by molar-refractivity contribution is -0.126. The Balaban J connectivity index is 2.06. The first-order valence-corrected chi connectivity index (χ1v) is 4.36. The average molecular weight is 159 g/mol. The van der Waals surface area contributed by atoms with Gasteiger partial charge in [-0.1, -0.05) is 6.42 Å². The minimum atomic E-state index is -0.0825. The largest absolute Gasteiger partial charge is 0.281 e.